The fraction of sp³-hybridized carbons (Fsp3) is 0.500. The first-order valence-corrected chi connectivity index (χ1v) is 11.3. The number of anilines is 1. The first-order chi connectivity index (χ1) is 16.0. The maximum absolute atomic E-state index is 11.6. The molecule has 9 heteroatoms. The number of methoxy groups -OCH3 is 1. The first-order valence-electron chi connectivity index (χ1n) is 11.3. The number of aromatic hydroxyl groups is 1. The number of piperidine rings is 1. The molecule has 0 radical (unpaired) electrons. The number of esters is 1. The molecule has 0 unspecified atom stereocenters. The molecule has 1 fully saturated rings. The van der Waals surface area contributed by atoms with Gasteiger partial charge in [0.25, 0.3) is 0 Å². The van der Waals surface area contributed by atoms with Gasteiger partial charge in [-0.15, -0.1) is 10.2 Å². The van der Waals surface area contributed by atoms with Gasteiger partial charge in [0.1, 0.15) is 28.8 Å². The van der Waals surface area contributed by atoms with Crippen LogP contribution in [-0.4, -0.2) is 65.6 Å². The van der Waals surface area contributed by atoms with Crippen LogP contribution in [0.5, 0.6) is 11.5 Å². The van der Waals surface area contributed by atoms with E-state index in [-0.39, 0.29) is 17.8 Å². The van der Waals surface area contributed by atoms with Crippen LogP contribution in [-0.2, 0) is 9.53 Å². The van der Waals surface area contributed by atoms with E-state index in [0.717, 1.165) is 38.9 Å². The van der Waals surface area contributed by atoms with E-state index in [1.165, 1.54) is 13.2 Å². The molecule has 0 saturated carbocycles. The zero-order valence-corrected chi connectivity index (χ0v) is 19.4. The minimum absolute atomic E-state index is 0.0158. The minimum Gasteiger partial charge on any atom is -0.507 e. The molecule has 1 aromatic heterocycles. The molecule has 176 valence electrons. The van der Waals surface area contributed by atoms with Crippen molar-refractivity contribution in [2.24, 2.45) is 0 Å². The van der Waals surface area contributed by atoms with E-state index in [2.05, 4.69) is 26.5 Å². The number of nitrogens with one attached hydrogen (secondary N) is 1. The number of carbonyl (C=O) groups excluding carboxylic acids is 1. The Kier molecular flexibility index (Phi) is 8.44. The van der Waals surface area contributed by atoms with Gasteiger partial charge in [0.15, 0.2) is 5.82 Å². The van der Waals surface area contributed by atoms with Crippen LogP contribution < -0.4 is 10.1 Å². The molecule has 9 nitrogen and oxygen atoms in total. The van der Waals surface area contributed by atoms with Crippen molar-refractivity contribution in [3.63, 3.8) is 0 Å². The maximum atomic E-state index is 11.6. The summed E-state index contributed by atoms with van der Waals surface area (Å²) in [5.41, 5.74) is 2.02. The topological polar surface area (TPSA) is 121 Å². The molecule has 0 bridgehead atoms. The van der Waals surface area contributed by atoms with E-state index in [4.69, 9.17) is 9.47 Å². The Balaban J connectivity index is 1.69. The lowest BCUT2D eigenvalue weighted by Gasteiger charge is -2.33. The lowest BCUT2D eigenvalue weighted by atomic mass is 10.0. The second-order valence-electron chi connectivity index (χ2n) is 8.08. The Morgan fingerprint density at radius 3 is 2.91 bits per heavy atom. The molecule has 1 aromatic carbocycles. The van der Waals surface area contributed by atoms with E-state index in [1.54, 1.807) is 19.1 Å². The van der Waals surface area contributed by atoms with Gasteiger partial charge in [0.2, 0.25) is 0 Å². The third-order valence-corrected chi connectivity index (χ3v) is 5.80. The number of rotatable bonds is 9. The molecule has 1 saturated heterocycles. The van der Waals surface area contributed by atoms with Gasteiger partial charge in [-0.1, -0.05) is 0 Å². The van der Waals surface area contributed by atoms with Crippen LogP contribution >= 0.6 is 0 Å². The molecule has 2 N–H and O–H groups in total. The van der Waals surface area contributed by atoms with Crippen LogP contribution in [0.4, 0.5) is 5.82 Å². The summed E-state index contributed by atoms with van der Waals surface area (Å²) < 4.78 is 10.1. The van der Waals surface area contributed by atoms with Crippen molar-refractivity contribution in [1.82, 2.24) is 15.1 Å². The molecular weight excluding hydrogens is 422 g/mol. The van der Waals surface area contributed by atoms with Crippen molar-refractivity contribution in [2.75, 3.05) is 38.7 Å². The number of ether oxygens (including phenoxy) is 2. The van der Waals surface area contributed by atoms with Crippen molar-refractivity contribution >= 4 is 11.8 Å². The third kappa shape index (κ3) is 6.11. The van der Waals surface area contributed by atoms with Gasteiger partial charge < -0.3 is 24.8 Å². The standard InChI is InChI=1S/C24H31N5O4/c1-4-33-22(31)8-6-12-29-11-5-7-17(15-29)26-24-20(14-25)16(2)23(27-28-24)19-10-9-18(32-3)13-21(19)30/h9-10,13,17,30H,4-8,11-12,15H2,1-3H3,(H,26,28)/t17-/m1/s1. The number of nitrogens with zero attached hydrogens (tertiary/aromatic N) is 4. The van der Waals surface area contributed by atoms with Crippen molar-refractivity contribution in [3.05, 3.63) is 29.3 Å². The fourth-order valence-corrected chi connectivity index (χ4v) is 4.10. The van der Waals surface area contributed by atoms with Gasteiger partial charge >= 0.3 is 5.97 Å². The third-order valence-electron chi connectivity index (χ3n) is 5.80. The Morgan fingerprint density at radius 1 is 1.39 bits per heavy atom. The summed E-state index contributed by atoms with van der Waals surface area (Å²) in [5.74, 6) is 0.841. The van der Waals surface area contributed by atoms with E-state index in [0.29, 0.717) is 47.0 Å². The highest BCUT2D eigenvalue weighted by Crippen LogP contribution is 2.34. The Hall–Kier alpha value is -3.38. The van der Waals surface area contributed by atoms with E-state index in [1.807, 2.05) is 6.92 Å². The number of nitriles is 1. The van der Waals surface area contributed by atoms with E-state index in [9.17, 15) is 15.2 Å². The van der Waals surface area contributed by atoms with E-state index < -0.39 is 0 Å². The summed E-state index contributed by atoms with van der Waals surface area (Å²) >= 11 is 0. The predicted octanol–water partition coefficient (Wildman–Crippen LogP) is 3.26. The van der Waals surface area contributed by atoms with E-state index >= 15 is 0 Å². The quantitative estimate of drug-likeness (QED) is 0.551. The van der Waals surface area contributed by atoms with Crippen molar-refractivity contribution in [3.8, 4) is 28.8 Å². The smallest absolute Gasteiger partial charge is 0.305 e. The highest BCUT2D eigenvalue weighted by Gasteiger charge is 2.23. The van der Waals surface area contributed by atoms with Gasteiger partial charge in [-0.05, 0) is 63.9 Å². The Bertz CT molecular complexity index is 1020. The second-order valence-corrected chi connectivity index (χ2v) is 8.08. The highest BCUT2D eigenvalue weighted by molar-refractivity contribution is 5.74. The minimum atomic E-state index is -0.156. The molecule has 1 aliphatic rings. The van der Waals surface area contributed by atoms with Crippen molar-refractivity contribution in [2.45, 2.75) is 45.6 Å². The highest BCUT2D eigenvalue weighted by atomic mass is 16.5. The number of carbonyl (C=O) groups is 1. The normalized spacial score (nSPS) is 16.1. The number of phenolic OH excluding ortho intramolecular Hbond substituents is 1. The fourth-order valence-electron chi connectivity index (χ4n) is 4.10. The van der Waals surface area contributed by atoms with Crippen LogP contribution in [0.1, 0.15) is 43.7 Å². The number of phenols is 1. The number of likely N-dealkylation sites (tertiary alicyclic amines) is 1. The summed E-state index contributed by atoms with van der Waals surface area (Å²) in [6.07, 6.45) is 3.16. The summed E-state index contributed by atoms with van der Waals surface area (Å²) in [6.45, 7) is 6.63. The monoisotopic (exact) mass is 453 g/mol. The van der Waals surface area contributed by atoms with Crippen molar-refractivity contribution < 1.29 is 19.4 Å². The number of hydrogen-bond donors (Lipinski definition) is 2. The van der Waals surface area contributed by atoms with Gasteiger partial charge in [-0.3, -0.25) is 4.79 Å². The van der Waals surface area contributed by atoms with Crippen LogP contribution in [0.3, 0.4) is 0 Å². The number of aromatic nitrogens is 2. The summed E-state index contributed by atoms with van der Waals surface area (Å²) in [5, 5.41) is 32.2. The maximum Gasteiger partial charge on any atom is 0.305 e. The molecule has 0 spiro atoms. The van der Waals surface area contributed by atoms with Gasteiger partial charge in [-0.2, -0.15) is 5.26 Å². The summed E-state index contributed by atoms with van der Waals surface area (Å²) in [6, 6.07) is 7.31. The van der Waals surface area contributed by atoms with Gasteiger partial charge in [0.05, 0.1) is 13.7 Å². The predicted molar refractivity (Wildman–Crippen MR) is 124 cm³/mol. The zero-order chi connectivity index (χ0) is 23.8. The number of benzene rings is 1. The average Bonchev–Trinajstić information content (AvgIpc) is 2.80. The van der Waals surface area contributed by atoms with Crippen LogP contribution in [0.15, 0.2) is 18.2 Å². The molecule has 1 aliphatic heterocycles. The molecule has 0 aliphatic carbocycles. The summed E-state index contributed by atoms with van der Waals surface area (Å²) in [7, 11) is 1.53. The lowest BCUT2D eigenvalue weighted by molar-refractivity contribution is -0.143. The van der Waals surface area contributed by atoms with Gasteiger partial charge in [-0.25, -0.2) is 0 Å². The molecule has 2 aromatic rings. The van der Waals surface area contributed by atoms with Gasteiger partial charge in [0, 0.05) is 30.6 Å². The second kappa shape index (κ2) is 11.5. The molecule has 33 heavy (non-hydrogen) atoms. The zero-order valence-electron chi connectivity index (χ0n) is 19.4. The van der Waals surface area contributed by atoms with Crippen molar-refractivity contribution in [1.29, 1.82) is 5.26 Å². The SMILES string of the molecule is CCOC(=O)CCCN1CCC[C@@H](Nc2nnc(-c3ccc(OC)cc3O)c(C)c2C#N)C1. The molecule has 2 heterocycles. The summed E-state index contributed by atoms with van der Waals surface area (Å²) in [4.78, 5) is 13.9. The van der Waals surface area contributed by atoms with Crippen LogP contribution in [0, 0.1) is 18.3 Å². The Morgan fingerprint density at radius 2 is 2.21 bits per heavy atom. The Labute approximate surface area is 194 Å². The molecular formula is C24H31N5O4. The van der Waals surface area contributed by atoms with Crippen LogP contribution in [0.25, 0.3) is 11.3 Å². The molecule has 1 atom stereocenters. The number of hydrogen-bond acceptors (Lipinski definition) is 9. The average molecular weight is 454 g/mol. The lowest BCUT2D eigenvalue weighted by Crippen LogP contribution is -2.42. The molecule has 3 rings (SSSR count). The van der Waals surface area contributed by atoms with Crippen LogP contribution in [0.2, 0.25) is 0 Å². The first kappa shape index (κ1) is 24.3. The largest absolute Gasteiger partial charge is 0.507 e. The molecule has 0 amide bonds.